The number of allylic oxidation sites excluding steroid dienone is 1. The number of benzene rings is 1. The van der Waals surface area contributed by atoms with Crippen LogP contribution in [0.15, 0.2) is 36.7 Å². The molecule has 0 saturated heterocycles. The number of esters is 2. The maximum atomic E-state index is 13.2. The minimum absolute atomic E-state index is 0.0281. The molecule has 0 fully saturated rings. The molecule has 3 heterocycles. The first-order valence-electron chi connectivity index (χ1n) is 11.3. The normalized spacial score (nSPS) is 21.9. The molecular formula is C26H27NO6. The van der Waals surface area contributed by atoms with Crippen LogP contribution in [-0.2, 0) is 14.3 Å². The van der Waals surface area contributed by atoms with Gasteiger partial charge in [-0.25, -0.2) is 4.79 Å². The summed E-state index contributed by atoms with van der Waals surface area (Å²) in [4.78, 5) is 41.6. The Balaban J connectivity index is 1.80. The second-order valence-electron chi connectivity index (χ2n) is 8.56. The lowest BCUT2D eigenvalue weighted by Gasteiger charge is -2.27. The number of Topliss-reactive ketones (excluding diaryl/α,β-unsaturated/α-hetero) is 1. The summed E-state index contributed by atoms with van der Waals surface area (Å²) in [5.74, 6) is -1.37. The van der Waals surface area contributed by atoms with Crippen molar-refractivity contribution in [3.63, 3.8) is 0 Å². The summed E-state index contributed by atoms with van der Waals surface area (Å²) in [7, 11) is 0. The van der Waals surface area contributed by atoms with Crippen LogP contribution < -0.4 is 4.74 Å². The zero-order chi connectivity index (χ0) is 23.4. The molecule has 0 spiro atoms. The van der Waals surface area contributed by atoms with E-state index < -0.39 is 24.0 Å². The molecular weight excluding hydrogens is 422 g/mol. The van der Waals surface area contributed by atoms with Gasteiger partial charge in [-0.3, -0.25) is 14.6 Å². The third kappa shape index (κ3) is 5.13. The van der Waals surface area contributed by atoms with Crippen molar-refractivity contribution in [1.29, 1.82) is 0 Å². The second kappa shape index (κ2) is 9.98. The second-order valence-corrected chi connectivity index (χ2v) is 8.56. The molecule has 7 nitrogen and oxygen atoms in total. The summed E-state index contributed by atoms with van der Waals surface area (Å²) in [5, 5.41) is 11.3. The number of phenolic OH excluding ortho intramolecular Hbond substituents is 1. The van der Waals surface area contributed by atoms with Crippen LogP contribution in [0.5, 0.6) is 11.5 Å². The predicted molar refractivity (Wildman–Crippen MR) is 121 cm³/mol. The summed E-state index contributed by atoms with van der Waals surface area (Å²) in [6.07, 6.45) is 9.98. The lowest BCUT2D eigenvalue weighted by atomic mass is 9.84. The number of hydrogen-bond donors (Lipinski definition) is 1. The van der Waals surface area contributed by atoms with Crippen molar-refractivity contribution in [2.75, 3.05) is 0 Å². The van der Waals surface area contributed by atoms with E-state index in [0.29, 0.717) is 49.7 Å². The number of ether oxygens (including phenoxy) is 2. The number of carbonyl (C=O) groups excluding carboxylic acids is 3. The molecule has 172 valence electrons. The van der Waals surface area contributed by atoms with Crippen LogP contribution >= 0.6 is 0 Å². The highest BCUT2D eigenvalue weighted by atomic mass is 16.5. The van der Waals surface area contributed by atoms with Gasteiger partial charge < -0.3 is 14.6 Å². The Morgan fingerprint density at radius 2 is 1.97 bits per heavy atom. The summed E-state index contributed by atoms with van der Waals surface area (Å²) in [6.45, 7) is 1.78. The van der Waals surface area contributed by atoms with Crippen LogP contribution in [-0.4, -0.2) is 33.9 Å². The first-order valence-corrected chi connectivity index (χ1v) is 11.3. The van der Waals surface area contributed by atoms with Crippen LogP contribution in [0.1, 0.15) is 84.8 Å². The predicted octanol–water partition coefficient (Wildman–Crippen LogP) is 4.71. The number of ketones is 1. The molecule has 1 N–H and O–H groups in total. The van der Waals surface area contributed by atoms with Gasteiger partial charge >= 0.3 is 11.9 Å². The van der Waals surface area contributed by atoms with E-state index in [9.17, 15) is 19.5 Å². The maximum absolute atomic E-state index is 13.2. The summed E-state index contributed by atoms with van der Waals surface area (Å²) in [5.41, 5.74) is 1.59. The van der Waals surface area contributed by atoms with E-state index in [2.05, 4.69) is 4.98 Å². The Hall–Kier alpha value is -3.48. The molecule has 2 aliphatic rings. The Morgan fingerprint density at radius 1 is 1.15 bits per heavy atom. The SMILES string of the molecule is C[C@@H]1CCCC(=O)CCCC=Cc2cc3c(c(O)c2C(=O)O1)[C@@H](c1cccnc1)CC(=O)O3. The van der Waals surface area contributed by atoms with E-state index >= 15 is 0 Å². The monoisotopic (exact) mass is 449 g/mol. The molecule has 0 saturated carbocycles. The number of rotatable bonds is 1. The molecule has 2 atom stereocenters. The number of carbonyl (C=O) groups is 3. The Kier molecular flexibility index (Phi) is 6.87. The highest BCUT2D eigenvalue weighted by molar-refractivity contribution is 5.98. The molecule has 0 bridgehead atoms. The van der Waals surface area contributed by atoms with E-state index in [1.54, 1.807) is 37.5 Å². The molecule has 2 aliphatic heterocycles. The van der Waals surface area contributed by atoms with Crippen LogP contribution in [0.3, 0.4) is 0 Å². The number of pyridine rings is 1. The van der Waals surface area contributed by atoms with Crippen molar-refractivity contribution in [1.82, 2.24) is 4.98 Å². The van der Waals surface area contributed by atoms with Gasteiger partial charge in [-0.1, -0.05) is 18.2 Å². The van der Waals surface area contributed by atoms with Crippen LogP contribution in [0, 0.1) is 0 Å². The number of phenols is 1. The fourth-order valence-corrected chi connectivity index (χ4v) is 4.39. The first-order chi connectivity index (χ1) is 15.9. The van der Waals surface area contributed by atoms with Gasteiger partial charge in [0.25, 0.3) is 0 Å². The molecule has 4 rings (SSSR count). The number of aromatic hydroxyl groups is 1. The fraction of sp³-hybridized carbons (Fsp3) is 0.385. The van der Waals surface area contributed by atoms with E-state index in [-0.39, 0.29) is 29.3 Å². The van der Waals surface area contributed by atoms with Crippen molar-refractivity contribution < 1.29 is 29.0 Å². The highest BCUT2D eigenvalue weighted by Gasteiger charge is 2.35. The molecule has 0 radical (unpaired) electrons. The Labute approximate surface area is 192 Å². The topological polar surface area (TPSA) is 103 Å². The van der Waals surface area contributed by atoms with E-state index in [1.165, 1.54) is 0 Å². The van der Waals surface area contributed by atoms with Gasteiger partial charge in [0.2, 0.25) is 0 Å². The zero-order valence-corrected chi connectivity index (χ0v) is 18.6. The van der Waals surface area contributed by atoms with Gasteiger partial charge in [0.15, 0.2) is 0 Å². The van der Waals surface area contributed by atoms with Gasteiger partial charge in [-0.2, -0.15) is 0 Å². The van der Waals surface area contributed by atoms with Gasteiger partial charge in [-0.05, 0) is 55.9 Å². The molecule has 1 aromatic heterocycles. The Morgan fingerprint density at radius 3 is 2.76 bits per heavy atom. The summed E-state index contributed by atoms with van der Waals surface area (Å²) < 4.78 is 11.1. The molecule has 0 amide bonds. The number of fused-ring (bicyclic) bond motifs is 2. The first kappa shape index (κ1) is 22.7. The third-order valence-corrected chi connectivity index (χ3v) is 6.06. The van der Waals surface area contributed by atoms with Crippen molar-refractivity contribution >= 4 is 23.8 Å². The smallest absolute Gasteiger partial charge is 0.342 e. The van der Waals surface area contributed by atoms with Crippen LogP contribution in [0.4, 0.5) is 0 Å². The van der Waals surface area contributed by atoms with Gasteiger partial charge in [0.1, 0.15) is 22.8 Å². The van der Waals surface area contributed by atoms with E-state index in [4.69, 9.17) is 9.47 Å². The molecule has 7 heteroatoms. The summed E-state index contributed by atoms with van der Waals surface area (Å²) >= 11 is 0. The number of aromatic nitrogens is 1. The number of nitrogens with zero attached hydrogens (tertiary/aromatic N) is 1. The van der Waals surface area contributed by atoms with Gasteiger partial charge in [-0.15, -0.1) is 0 Å². The minimum atomic E-state index is -0.646. The van der Waals surface area contributed by atoms with Crippen molar-refractivity contribution in [2.45, 2.75) is 63.9 Å². The van der Waals surface area contributed by atoms with Crippen molar-refractivity contribution in [2.24, 2.45) is 0 Å². The number of hydrogen-bond acceptors (Lipinski definition) is 7. The minimum Gasteiger partial charge on any atom is -0.507 e. The highest BCUT2D eigenvalue weighted by Crippen LogP contribution is 2.47. The van der Waals surface area contributed by atoms with Crippen molar-refractivity contribution in [3.05, 3.63) is 58.9 Å². The average Bonchev–Trinajstić information content (AvgIpc) is 2.78. The van der Waals surface area contributed by atoms with Gasteiger partial charge in [0, 0.05) is 36.7 Å². The van der Waals surface area contributed by atoms with E-state index in [1.807, 2.05) is 12.1 Å². The zero-order valence-electron chi connectivity index (χ0n) is 18.6. The quantitative estimate of drug-likeness (QED) is 0.497. The third-order valence-electron chi connectivity index (χ3n) is 6.06. The largest absolute Gasteiger partial charge is 0.507 e. The lowest BCUT2D eigenvalue weighted by Crippen LogP contribution is -2.23. The van der Waals surface area contributed by atoms with Crippen LogP contribution in [0.25, 0.3) is 6.08 Å². The standard InChI is InChI=1S/C26H27NO6/c1-16-7-5-11-19(28)10-4-2-3-8-17-13-21-24(25(30)23(17)26(31)32-16)20(14-22(29)33-21)18-9-6-12-27-15-18/h3,6,8-9,12-13,15-16,20,30H,2,4-5,7,10-11,14H2,1H3/t16-,20-/m1/s1. The molecule has 1 aromatic carbocycles. The lowest BCUT2D eigenvalue weighted by molar-refractivity contribution is -0.135. The molecule has 2 aromatic rings. The molecule has 0 aliphatic carbocycles. The van der Waals surface area contributed by atoms with E-state index in [0.717, 1.165) is 5.56 Å². The average molecular weight is 450 g/mol. The maximum Gasteiger partial charge on any atom is 0.342 e. The number of cyclic esters (lactones) is 1. The van der Waals surface area contributed by atoms with Crippen molar-refractivity contribution in [3.8, 4) is 11.5 Å². The molecule has 33 heavy (non-hydrogen) atoms. The Bertz CT molecular complexity index is 1090. The fourth-order valence-electron chi connectivity index (χ4n) is 4.39. The van der Waals surface area contributed by atoms with Crippen LogP contribution in [0.2, 0.25) is 0 Å². The van der Waals surface area contributed by atoms with Gasteiger partial charge in [0.05, 0.1) is 12.5 Å². The molecule has 0 unspecified atom stereocenters. The summed E-state index contributed by atoms with van der Waals surface area (Å²) in [6, 6.07) is 5.19.